The van der Waals surface area contributed by atoms with Gasteiger partial charge in [-0.1, -0.05) is 17.7 Å². The molecule has 1 aromatic carbocycles. The summed E-state index contributed by atoms with van der Waals surface area (Å²) < 4.78 is 5.76. The Morgan fingerprint density at radius 2 is 1.92 bits per heavy atom. The summed E-state index contributed by atoms with van der Waals surface area (Å²) in [5.41, 5.74) is 2.06. The second kappa shape index (κ2) is 8.18. The molecule has 0 spiro atoms. The summed E-state index contributed by atoms with van der Waals surface area (Å²) in [5, 5.41) is 0. The van der Waals surface area contributed by atoms with Crippen molar-refractivity contribution in [3.8, 4) is 0 Å². The van der Waals surface area contributed by atoms with Gasteiger partial charge in [-0.15, -0.1) is 0 Å². The van der Waals surface area contributed by atoms with Crippen LogP contribution in [0.5, 0.6) is 0 Å². The highest BCUT2D eigenvalue weighted by Crippen LogP contribution is 2.19. The van der Waals surface area contributed by atoms with Crippen molar-refractivity contribution in [2.24, 2.45) is 0 Å². The van der Waals surface area contributed by atoms with E-state index in [0.29, 0.717) is 32.2 Å². The van der Waals surface area contributed by atoms with Crippen LogP contribution in [0.15, 0.2) is 24.3 Å². The molecule has 2 amide bonds. The van der Waals surface area contributed by atoms with Crippen LogP contribution in [0.2, 0.25) is 0 Å². The van der Waals surface area contributed by atoms with E-state index in [2.05, 4.69) is 18.7 Å². The maximum absolute atomic E-state index is 12.6. The average molecular weight is 359 g/mol. The van der Waals surface area contributed by atoms with Crippen molar-refractivity contribution in [1.82, 2.24) is 9.80 Å². The molecule has 3 rings (SSSR count). The molecule has 6 heteroatoms. The summed E-state index contributed by atoms with van der Waals surface area (Å²) >= 11 is 0. The topological polar surface area (TPSA) is 53.1 Å². The highest BCUT2D eigenvalue weighted by Gasteiger charge is 2.31. The molecule has 142 valence electrons. The number of carbonyl (C=O) groups excluding carboxylic acids is 2. The van der Waals surface area contributed by atoms with Crippen molar-refractivity contribution in [3.05, 3.63) is 29.8 Å². The highest BCUT2D eigenvalue weighted by molar-refractivity contribution is 5.98. The lowest BCUT2D eigenvalue weighted by Gasteiger charge is -2.37. The number of hydrogen-bond acceptors (Lipinski definition) is 4. The third-order valence-corrected chi connectivity index (χ3v) is 5.22. The zero-order valence-electron chi connectivity index (χ0n) is 16.0. The van der Waals surface area contributed by atoms with Crippen LogP contribution in [0.1, 0.15) is 25.8 Å². The summed E-state index contributed by atoms with van der Waals surface area (Å²) in [6.07, 6.45) is 0.269. The zero-order chi connectivity index (χ0) is 18.7. The molecule has 1 aromatic rings. The summed E-state index contributed by atoms with van der Waals surface area (Å²) in [6, 6.07) is 8.38. The third kappa shape index (κ3) is 4.43. The Hall–Kier alpha value is -1.92. The fourth-order valence-corrected chi connectivity index (χ4v) is 3.54. The van der Waals surface area contributed by atoms with Gasteiger partial charge in [-0.2, -0.15) is 0 Å². The van der Waals surface area contributed by atoms with E-state index in [0.717, 1.165) is 24.3 Å². The number of amides is 2. The van der Waals surface area contributed by atoms with E-state index in [1.807, 2.05) is 31.2 Å². The fourth-order valence-electron chi connectivity index (χ4n) is 3.54. The normalized spacial score (nSPS) is 22.2. The average Bonchev–Trinajstić information content (AvgIpc) is 2.62. The van der Waals surface area contributed by atoms with Gasteiger partial charge in [0.15, 0.2) is 0 Å². The summed E-state index contributed by atoms with van der Waals surface area (Å²) in [7, 11) is 0. The molecular formula is C20H29N3O3. The molecule has 0 aliphatic carbocycles. The van der Waals surface area contributed by atoms with Gasteiger partial charge in [0.2, 0.25) is 11.8 Å². The molecular weight excluding hydrogens is 330 g/mol. The number of benzene rings is 1. The molecule has 1 unspecified atom stereocenters. The number of ether oxygens (including phenoxy) is 1. The molecule has 2 saturated heterocycles. The maximum Gasteiger partial charge on any atom is 0.246 e. The molecule has 6 nitrogen and oxygen atoms in total. The lowest BCUT2D eigenvalue weighted by atomic mass is 10.1. The maximum atomic E-state index is 12.6. The number of hydrogen-bond donors (Lipinski definition) is 0. The van der Waals surface area contributed by atoms with E-state index in [4.69, 9.17) is 4.74 Å². The van der Waals surface area contributed by atoms with Crippen molar-refractivity contribution in [2.75, 3.05) is 44.2 Å². The van der Waals surface area contributed by atoms with Gasteiger partial charge in [-0.05, 0) is 32.9 Å². The minimum Gasteiger partial charge on any atom is -0.375 e. The predicted molar refractivity (Wildman–Crippen MR) is 101 cm³/mol. The van der Waals surface area contributed by atoms with Crippen LogP contribution in [0.4, 0.5) is 5.69 Å². The van der Waals surface area contributed by atoms with E-state index in [9.17, 15) is 9.59 Å². The minimum atomic E-state index is -0.0797. The van der Waals surface area contributed by atoms with E-state index < -0.39 is 0 Å². The van der Waals surface area contributed by atoms with Crippen molar-refractivity contribution >= 4 is 17.5 Å². The van der Waals surface area contributed by atoms with Gasteiger partial charge in [0.05, 0.1) is 19.1 Å². The Balaban J connectivity index is 1.54. The second-order valence-corrected chi connectivity index (χ2v) is 7.48. The standard InChI is InChI=1S/C20H29N3O3/c1-15(2)21-10-11-26-18(13-21)12-19(24)22-8-9-23(20(25)14-22)17-6-4-16(3)5-7-17/h4-7,15,18H,8-14H2,1-3H3. The Bertz CT molecular complexity index is 644. The molecule has 2 heterocycles. The van der Waals surface area contributed by atoms with Gasteiger partial charge < -0.3 is 14.5 Å². The monoisotopic (exact) mass is 359 g/mol. The first kappa shape index (κ1) is 18.9. The Kier molecular flexibility index (Phi) is 5.94. The van der Waals surface area contributed by atoms with Crippen LogP contribution >= 0.6 is 0 Å². The quantitative estimate of drug-likeness (QED) is 0.821. The Morgan fingerprint density at radius 3 is 2.58 bits per heavy atom. The summed E-state index contributed by atoms with van der Waals surface area (Å²) in [6.45, 7) is 9.95. The minimum absolute atomic E-state index is 0.0116. The lowest BCUT2D eigenvalue weighted by molar-refractivity contribution is -0.141. The first-order chi connectivity index (χ1) is 12.4. The molecule has 0 aromatic heterocycles. The number of rotatable bonds is 4. The highest BCUT2D eigenvalue weighted by atomic mass is 16.5. The van der Waals surface area contributed by atoms with Gasteiger partial charge in [-0.25, -0.2) is 0 Å². The van der Waals surface area contributed by atoms with E-state index in [1.165, 1.54) is 0 Å². The van der Waals surface area contributed by atoms with Crippen LogP contribution in [0.3, 0.4) is 0 Å². The molecule has 0 radical (unpaired) electrons. The smallest absolute Gasteiger partial charge is 0.246 e. The van der Waals surface area contributed by atoms with Crippen LogP contribution in [0.25, 0.3) is 0 Å². The van der Waals surface area contributed by atoms with Gasteiger partial charge in [0.1, 0.15) is 6.54 Å². The summed E-state index contributed by atoms with van der Waals surface area (Å²) in [4.78, 5) is 30.9. The van der Waals surface area contributed by atoms with Crippen molar-refractivity contribution < 1.29 is 14.3 Å². The molecule has 26 heavy (non-hydrogen) atoms. The zero-order valence-corrected chi connectivity index (χ0v) is 16.0. The lowest BCUT2D eigenvalue weighted by Crippen LogP contribution is -2.54. The molecule has 0 saturated carbocycles. The third-order valence-electron chi connectivity index (χ3n) is 5.22. The van der Waals surface area contributed by atoms with Gasteiger partial charge in [0.25, 0.3) is 0 Å². The molecule has 0 bridgehead atoms. The molecule has 0 N–H and O–H groups in total. The van der Waals surface area contributed by atoms with E-state index in [-0.39, 0.29) is 24.5 Å². The fraction of sp³-hybridized carbons (Fsp3) is 0.600. The number of morpholine rings is 1. The first-order valence-electron chi connectivity index (χ1n) is 9.44. The van der Waals surface area contributed by atoms with Gasteiger partial charge >= 0.3 is 0 Å². The molecule has 2 fully saturated rings. The van der Waals surface area contributed by atoms with E-state index >= 15 is 0 Å². The first-order valence-corrected chi connectivity index (χ1v) is 9.44. The van der Waals surface area contributed by atoms with E-state index in [1.54, 1.807) is 9.80 Å². The van der Waals surface area contributed by atoms with Gasteiger partial charge in [-0.3, -0.25) is 14.5 Å². The van der Waals surface area contributed by atoms with Gasteiger partial charge in [0, 0.05) is 37.9 Å². The SMILES string of the molecule is Cc1ccc(N2CCN(C(=O)CC3CN(C(C)C)CCO3)CC2=O)cc1. The molecule has 2 aliphatic heterocycles. The molecule has 2 aliphatic rings. The predicted octanol–water partition coefficient (Wildman–Crippen LogP) is 1.67. The number of aryl methyl sites for hydroxylation is 1. The number of piperazine rings is 1. The van der Waals surface area contributed by atoms with Crippen LogP contribution < -0.4 is 4.90 Å². The number of anilines is 1. The number of nitrogens with zero attached hydrogens (tertiary/aromatic N) is 3. The Labute approximate surface area is 155 Å². The summed E-state index contributed by atoms with van der Waals surface area (Å²) in [5.74, 6) is -0.0145. The Morgan fingerprint density at radius 1 is 1.19 bits per heavy atom. The van der Waals surface area contributed by atoms with Crippen molar-refractivity contribution in [2.45, 2.75) is 39.3 Å². The van der Waals surface area contributed by atoms with Crippen molar-refractivity contribution in [1.29, 1.82) is 0 Å². The molecule has 1 atom stereocenters. The van der Waals surface area contributed by atoms with Crippen molar-refractivity contribution in [3.63, 3.8) is 0 Å². The van der Waals surface area contributed by atoms with Crippen LogP contribution in [-0.2, 0) is 14.3 Å². The second-order valence-electron chi connectivity index (χ2n) is 7.48. The van der Waals surface area contributed by atoms with Crippen LogP contribution in [0, 0.1) is 6.92 Å². The largest absolute Gasteiger partial charge is 0.375 e. The van der Waals surface area contributed by atoms with Crippen LogP contribution in [-0.4, -0.2) is 73.1 Å². The number of carbonyl (C=O) groups is 2.